The zero-order chi connectivity index (χ0) is 13.5. The molecule has 0 unspecified atom stereocenters. The Morgan fingerprint density at radius 3 is 2.63 bits per heavy atom. The lowest BCUT2D eigenvalue weighted by Gasteiger charge is -2.38. The van der Waals surface area contributed by atoms with Crippen molar-refractivity contribution >= 4 is 10.9 Å². The minimum atomic E-state index is -0.632. The number of hydrogen-bond donors (Lipinski definition) is 2. The van der Waals surface area contributed by atoms with Crippen molar-refractivity contribution in [1.82, 2.24) is 4.98 Å². The molecule has 2 N–H and O–H groups in total. The summed E-state index contributed by atoms with van der Waals surface area (Å²) < 4.78 is 0. The summed E-state index contributed by atoms with van der Waals surface area (Å²) in [4.78, 5) is 3.23. The lowest BCUT2D eigenvalue weighted by molar-refractivity contribution is -0.0187. The smallest absolute Gasteiger partial charge is 0.0903 e. The summed E-state index contributed by atoms with van der Waals surface area (Å²) in [5, 5.41) is 12.2. The van der Waals surface area contributed by atoms with Gasteiger partial charge in [0.15, 0.2) is 0 Å². The minimum absolute atomic E-state index is 0.632. The molecule has 1 aliphatic carbocycles. The van der Waals surface area contributed by atoms with Crippen LogP contribution in [0.25, 0.3) is 10.9 Å². The van der Waals surface area contributed by atoms with Crippen LogP contribution in [0.1, 0.15) is 45.1 Å². The normalized spacial score (nSPS) is 28.1. The number of benzene rings is 1. The lowest BCUT2D eigenvalue weighted by Crippen LogP contribution is -2.33. The van der Waals surface area contributed by atoms with E-state index in [0.29, 0.717) is 0 Å². The van der Waals surface area contributed by atoms with Gasteiger partial charge >= 0.3 is 0 Å². The summed E-state index contributed by atoms with van der Waals surface area (Å²) in [6, 6.07) is 8.28. The molecule has 1 aromatic heterocycles. The highest BCUT2D eigenvalue weighted by atomic mass is 16.3. The van der Waals surface area contributed by atoms with Crippen molar-refractivity contribution in [3.63, 3.8) is 0 Å². The van der Waals surface area contributed by atoms with Crippen molar-refractivity contribution in [2.45, 2.75) is 45.1 Å². The van der Waals surface area contributed by atoms with E-state index in [0.717, 1.165) is 48.6 Å². The number of H-pyrrole nitrogens is 1. The number of fused-ring (bicyclic) bond motifs is 1. The van der Waals surface area contributed by atoms with Gasteiger partial charge in [-0.3, -0.25) is 0 Å². The van der Waals surface area contributed by atoms with Crippen LogP contribution in [0.3, 0.4) is 0 Å². The van der Waals surface area contributed by atoms with Gasteiger partial charge in [0.2, 0.25) is 0 Å². The number of aliphatic hydroxyl groups is 1. The summed E-state index contributed by atoms with van der Waals surface area (Å²) in [6.45, 7) is 4.59. The molecule has 0 atom stereocenters. The largest absolute Gasteiger partial charge is 0.385 e. The van der Waals surface area contributed by atoms with E-state index >= 15 is 0 Å². The molecule has 19 heavy (non-hydrogen) atoms. The Bertz CT molecular complexity index is 561. The van der Waals surface area contributed by atoms with E-state index in [4.69, 9.17) is 0 Å². The van der Waals surface area contributed by atoms with Gasteiger partial charge in [-0.25, -0.2) is 0 Å². The van der Waals surface area contributed by atoms with Crippen LogP contribution in [0.4, 0.5) is 0 Å². The fourth-order valence-electron chi connectivity index (χ4n) is 3.54. The first-order chi connectivity index (χ1) is 9.10. The van der Waals surface area contributed by atoms with E-state index in [1.54, 1.807) is 0 Å². The van der Waals surface area contributed by atoms with E-state index < -0.39 is 5.60 Å². The van der Waals surface area contributed by atoms with Crippen LogP contribution >= 0.6 is 0 Å². The molecule has 2 nitrogen and oxygen atoms in total. The van der Waals surface area contributed by atoms with Crippen LogP contribution in [-0.2, 0) is 5.60 Å². The molecule has 1 aromatic carbocycles. The maximum absolute atomic E-state index is 11.0. The number of aromatic amines is 1. The maximum Gasteiger partial charge on any atom is 0.0903 e. The first-order valence-electron chi connectivity index (χ1n) is 7.39. The van der Waals surface area contributed by atoms with Crippen LogP contribution in [0.2, 0.25) is 0 Å². The zero-order valence-corrected chi connectivity index (χ0v) is 11.8. The van der Waals surface area contributed by atoms with Gasteiger partial charge in [-0.15, -0.1) is 0 Å². The molecule has 3 rings (SSSR count). The molecule has 0 amide bonds. The Balaban J connectivity index is 1.92. The topological polar surface area (TPSA) is 36.0 Å². The summed E-state index contributed by atoms with van der Waals surface area (Å²) >= 11 is 0. The number of aromatic nitrogens is 1. The second-order valence-corrected chi connectivity index (χ2v) is 6.36. The molecule has 0 saturated heterocycles. The molecule has 2 heteroatoms. The van der Waals surface area contributed by atoms with Gasteiger partial charge in [-0.2, -0.15) is 0 Å². The Morgan fingerprint density at radius 2 is 1.95 bits per heavy atom. The fraction of sp³-hybridized carbons (Fsp3) is 0.529. The molecule has 1 aliphatic rings. The van der Waals surface area contributed by atoms with Gasteiger partial charge in [0.05, 0.1) is 5.60 Å². The summed E-state index contributed by atoms with van der Waals surface area (Å²) in [7, 11) is 0. The SMILES string of the molecule is CC(C)C1CCC(O)(c2cccc3[nH]ccc23)CC1. The van der Waals surface area contributed by atoms with E-state index in [1.165, 1.54) is 5.39 Å². The quantitative estimate of drug-likeness (QED) is 0.831. The van der Waals surface area contributed by atoms with Crippen LogP contribution in [0.15, 0.2) is 30.5 Å². The highest BCUT2D eigenvalue weighted by molar-refractivity contribution is 5.83. The number of nitrogens with one attached hydrogen (secondary N) is 1. The molecule has 2 aromatic rings. The molecular weight excluding hydrogens is 234 g/mol. The first kappa shape index (κ1) is 12.7. The Morgan fingerprint density at radius 1 is 1.21 bits per heavy atom. The average molecular weight is 257 g/mol. The lowest BCUT2D eigenvalue weighted by atomic mass is 9.71. The van der Waals surface area contributed by atoms with Crippen molar-refractivity contribution in [1.29, 1.82) is 0 Å². The molecule has 0 spiro atoms. The second-order valence-electron chi connectivity index (χ2n) is 6.36. The average Bonchev–Trinajstić information content (AvgIpc) is 2.87. The molecule has 0 aliphatic heterocycles. The third-order valence-electron chi connectivity index (χ3n) is 4.90. The van der Waals surface area contributed by atoms with Crippen molar-refractivity contribution in [3.05, 3.63) is 36.0 Å². The fourth-order valence-corrected chi connectivity index (χ4v) is 3.54. The van der Waals surface area contributed by atoms with Crippen molar-refractivity contribution in [2.75, 3.05) is 0 Å². The molecule has 0 radical (unpaired) electrons. The van der Waals surface area contributed by atoms with Gasteiger partial charge in [0.1, 0.15) is 0 Å². The highest BCUT2D eigenvalue weighted by Crippen LogP contribution is 2.43. The summed E-state index contributed by atoms with van der Waals surface area (Å²) in [6.07, 6.45) is 6.00. The van der Waals surface area contributed by atoms with Crippen molar-refractivity contribution in [2.24, 2.45) is 11.8 Å². The second kappa shape index (κ2) is 4.68. The van der Waals surface area contributed by atoms with Crippen LogP contribution in [0, 0.1) is 11.8 Å². The molecule has 102 valence electrons. The van der Waals surface area contributed by atoms with Gasteiger partial charge in [-0.1, -0.05) is 26.0 Å². The van der Waals surface area contributed by atoms with Crippen molar-refractivity contribution < 1.29 is 5.11 Å². The van der Waals surface area contributed by atoms with Gasteiger partial charge < -0.3 is 10.1 Å². The molecule has 1 heterocycles. The molecular formula is C17H23NO. The maximum atomic E-state index is 11.0. The predicted molar refractivity (Wildman–Crippen MR) is 79.0 cm³/mol. The monoisotopic (exact) mass is 257 g/mol. The molecule has 1 saturated carbocycles. The van der Waals surface area contributed by atoms with Crippen molar-refractivity contribution in [3.8, 4) is 0 Å². The molecule has 0 bridgehead atoms. The number of hydrogen-bond acceptors (Lipinski definition) is 1. The minimum Gasteiger partial charge on any atom is -0.385 e. The van der Waals surface area contributed by atoms with Gasteiger partial charge in [0, 0.05) is 17.1 Å². The van der Waals surface area contributed by atoms with Crippen LogP contribution in [0.5, 0.6) is 0 Å². The van der Waals surface area contributed by atoms with E-state index in [1.807, 2.05) is 12.3 Å². The summed E-state index contributed by atoms with van der Waals surface area (Å²) in [5.74, 6) is 1.50. The van der Waals surface area contributed by atoms with Gasteiger partial charge in [0.25, 0.3) is 0 Å². The highest BCUT2D eigenvalue weighted by Gasteiger charge is 2.36. The van der Waals surface area contributed by atoms with Gasteiger partial charge in [-0.05, 0) is 55.2 Å². The van der Waals surface area contributed by atoms with E-state index in [9.17, 15) is 5.11 Å². The standard InChI is InChI=1S/C17H23NO/c1-12(2)13-6-9-17(19,10-7-13)15-4-3-5-16-14(15)8-11-18-16/h3-5,8,11-13,18-19H,6-7,9-10H2,1-2H3. The predicted octanol–water partition coefficient (Wildman–Crippen LogP) is 4.20. The first-order valence-corrected chi connectivity index (χ1v) is 7.39. The van der Waals surface area contributed by atoms with Crippen LogP contribution in [-0.4, -0.2) is 10.1 Å². The Kier molecular flexibility index (Phi) is 3.14. The number of rotatable bonds is 2. The van der Waals surface area contributed by atoms with Crippen LogP contribution < -0.4 is 0 Å². The third-order valence-corrected chi connectivity index (χ3v) is 4.90. The van der Waals surface area contributed by atoms with E-state index in [2.05, 4.69) is 37.0 Å². The Labute approximate surface area is 114 Å². The molecule has 1 fully saturated rings. The zero-order valence-electron chi connectivity index (χ0n) is 11.8. The third kappa shape index (κ3) is 2.18. The van der Waals surface area contributed by atoms with E-state index in [-0.39, 0.29) is 0 Å². The Hall–Kier alpha value is -1.28. The summed E-state index contributed by atoms with van der Waals surface area (Å²) in [5.41, 5.74) is 1.60.